The van der Waals surface area contributed by atoms with Crippen molar-refractivity contribution in [1.82, 2.24) is 10.3 Å². The summed E-state index contributed by atoms with van der Waals surface area (Å²) in [5.41, 5.74) is 0.920. The average molecular weight is 288 g/mol. The van der Waals surface area contributed by atoms with Crippen molar-refractivity contribution in [1.29, 1.82) is 0 Å². The molecule has 2 heterocycles. The molecule has 0 bridgehead atoms. The van der Waals surface area contributed by atoms with E-state index < -0.39 is 0 Å². The van der Waals surface area contributed by atoms with Gasteiger partial charge in [0, 0.05) is 17.3 Å². The number of hydrogen-bond donors (Lipinski definition) is 1. The van der Waals surface area contributed by atoms with Crippen molar-refractivity contribution >= 4 is 21.4 Å². The Kier molecular flexibility index (Phi) is 2.82. The molecule has 3 nitrogen and oxygen atoms in total. The zero-order chi connectivity index (χ0) is 13.5. The molecule has 102 valence electrons. The third-order valence-corrected chi connectivity index (χ3v) is 4.58. The molecule has 1 saturated carbocycles. The monoisotopic (exact) mass is 288 g/mol. The van der Waals surface area contributed by atoms with Crippen LogP contribution in [-0.2, 0) is 6.54 Å². The summed E-state index contributed by atoms with van der Waals surface area (Å²) in [5, 5.41) is 4.47. The van der Waals surface area contributed by atoms with E-state index in [2.05, 4.69) is 10.3 Å². The first-order valence-corrected chi connectivity index (χ1v) is 7.46. The highest BCUT2D eigenvalue weighted by Crippen LogP contribution is 2.35. The summed E-state index contributed by atoms with van der Waals surface area (Å²) in [5.74, 6) is 0.582. The van der Waals surface area contributed by atoms with E-state index in [4.69, 9.17) is 4.42 Å². The lowest BCUT2D eigenvalue weighted by Gasteiger charge is -2.00. The van der Waals surface area contributed by atoms with Gasteiger partial charge in [0.25, 0.3) is 0 Å². The van der Waals surface area contributed by atoms with Crippen molar-refractivity contribution in [3.63, 3.8) is 0 Å². The van der Waals surface area contributed by atoms with Crippen molar-refractivity contribution in [2.24, 2.45) is 0 Å². The van der Waals surface area contributed by atoms with Crippen molar-refractivity contribution in [2.75, 3.05) is 0 Å². The maximum Gasteiger partial charge on any atom is 0.181 e. The van der Waals surface area contributed by atoms with Crippen LogP contribution < -0.4 is 5.32 Å². The number of nitrogens with zero attached hydrogens (tertiary/aromatic N) is 1. The van der Waals surface area contributed by atoms with Crippen LogP contribution in [-0.4, -0.2) is 11.0 Å². The fourth-order valence-corrected chi connectivity index (χ4v) is 3.34. The summed E-state index contributed by atoms with van der Waals surface area (Å²) in [6.45, 7) is 0.721. The van der Waals surface area contributed by atoms with E-state index in [1.165, 1.54) is 36.6 Å². The van der Waals surface area contributed by atoms with E-state index in [0.29, 0.717) is 6.04 Å². The lowest BCUT2D eigenvalue weighted by atomic mass is 10.2. The largest absolute Gasteiger partial charge is 0.442 e. The van der Waals surface area contributed by atoms with Gasteiger partial charge in [-0.2, -0.15) is 0 Å². The van der Waals surface area contributed by atoms with Crippen LogP contribution in [0.1, 0.15) is 18.5 Å². The molecule has 0 aliphatic heterocycles. The Hall–Kier alpha value is -1.72. The number of benzene rings is 1. The summed E-state index contributed by atoms with van der Waals surface area (Å²) in [6, 6.07) is 7.50. The summed E-state index contributed by atoms with van der Waals surface area (Å²) in [4.78, 5) is 5.28. The first kappa shape index (κ1) is 12.1. The molecule has 1 N–H and O–H groups in total. The van der Waals surface area contributed by atoms with E-state index in [1.807, 2.05) is 6.07 Å². The zero-order valence-corrected chi connectivity index (χ0v) is 11.5. The molecule has 20 heavy (non-hydrogen) atoms. The van der Waals surface area contributed by atoms with Gasteiger partial charge in [-0.1, -0.05) is 6.07 Å². The standard InChI is InChI=1S/C15H13FN2OS/c16-10-2-1-9-5-14(20-13(9)6-10)15-12(18-8-19-15)7-17-11-3-4-11/h1-2,5-6,8,11,17H,3-4,7H2. The van der Waals surface area contributed by atoms with Gasteiger partial charge in [-0.3, -0.25) is 0 Å². The SMILES string of the molecule is Fc1ccc2cc(-c3ocnc3CNC3CC3)sc2c1. The molecule has 1 fully saturated rings. The minimum Gasteiger partial charge on any atom is -0.442 e. The lowest BCUT2D eigenvalue weighted by Crippen LogP contribution is -2.15. The Morgan fingerprint density at radius 1 is 1.35 bits per heavy atom. The number of aromatic nitrogens is 1. The fourth-order valence-electron chi connectivity index (χ4n) is 2.24. The molecule has 1 aliphatic carbocycles. The van der Waals surface area contributed by atoms with Crippen LogP contribution >= 0.6 is 11.3 Å². The van der Waals surface area contributed by atoms with Crippen molar-refractivity contribution in [2.45, 2.75) is 25.4 Å². The number of rotatable bonds is 4. The fraction of sp³-hybridized carbons (Fsp3) is 0.267. The molecule has 4 rings (SSSR count). The molecule has 0 amide bonds. The Labute approximate surface area is 119 Å². The summed E-state index contributed by atoms with van der Waals surface area (Å²) < 4.78 is 19.7. The van der Waals surface area contributed by atoms with Gasteiger partial charge in [0.1, 0.15) is 11.5 Å². The maximum atomic E-state index is 13.2. The molecular weight excluding hydrogens is 275 g/mol. The summed E-state index contributed by atoms with van der Waals surface area (Å²) in [7, 11) is 0. The number of oxazole rings is 1. The quantitative estimate of drug-likeness (QED) is 0.790. The highest BCUT2D eigenvalue weighted by Gasteiger charge is 2.22. The van der Waals surface area contributed by atoms with Gasteiger partial charge in [0.2, 0.25) is 0 Å². The van der Waals surface area contributed by atoms with Gasteiger partial charge >= 0.3 is 0 Å². The predicted molar refractivity (Wildman–Crippen MR) is 77.1 cm³/mol. The van der Waals surface area contributed by atoms with Crippen LogP contribution in [0.3, 0.4) is 0 Å². The second-order valence-electron chi connectivity index (χ2n) is 5.08. The first-order valence-electron chi connectivity index (χ1n) is 6.65. The van der Waals surface area contributed by atoms with Gasteiger partial charge in [-0.15, -0.1) is 11.3 Å². The highest BCUT2D eigenvalue weighted by molar-refractivity contribution is 7.22. The normalized spacial score (nSPS) is 15.1. The second-order valence-corrected chi connectivity index (χ2v) is 6.16. The van der Waals surface area contributed by atoms with Gasteiger partial charge in [-0.25, -0.2) is 9.37 Å². The molecule has 0 radical (unpaired) electrons. The van der Waals surface area contributed by atoms with E-state index in [1.54, 1.807) is 12.1 Å². The molecule has 5 heteroatoms. The summed E-state index contributed by atoms with van der Waals surface area (Å²) >= 11 is 1.53. The third kappa shape index (κ3) is 2.23. The predicted octanol–water partition coefficient (Wildman–Crippen LogP) is 3.95. The number of halogens is 1. The van der Waals surface area contributed by atoms with E-state index in [9.17, 15) is 4.39 Å². The third-order valence-electron chi connectivity index (χ3n) is 3.48. The molecule has 1 aromatic carbocycles. The molecule has 0 saturated heterocycles. The van der Waals surface area contributed by atoms with Crippen molar-refractivity contribution in [3.8, 4) is 10.6 Å². The van der Waals surface area contributed by atoms with Crippen LogP contribution in [0.5, 0.6) is 0 Å². The second kappa shape index (κ2) is 4.68. The lowest BCUT2D eigenvalue weighted by molar-refractivity contribution is 0.571. The minimum absolute atomic E-state index is 0.209. The van der Waals surface area contributed by atoms with Crippen LogP contribution in [0.15, 0.2) is 35.1 Å². The topological polar surface area (TPSA) is 38.1 Å². The van der Waals surface area contributed by atoms with Crippen LogP contribution in [0.2, 0.25) is 0 Å². The maximum absolute atomic E-state index is 13.2. The first-order chi connectivity index (χ1) is 9.79. The number of nitrogens with one attached hydrogen (secondary N) is 1. The molecule has 0 spiro atoms. The zero-order valence-electron chi connectivity index (χ0n) is 10.7. The number of fused-ring (bicyclic) bond motifs is 1. The van der Waals surface area contributed by atoms with Gasteiger partial charge < -0.3 is 9.73 Å². The van der Waals surface area contributed by atoms with Crippen LogP contribution in [0, 0.1) is 5.82 Å². The Morgan fingerprint density at radius 2 is 2.25 bits per heavy atom. The Balaban J connectivity index is 1.69. The molecule has 1 aliphatic rings. The molecule has 0 atom stereocenters. The molecular formula is C15H13FN2OS. The minimum atomic E-state index is -0.209. The smallest absolute Gasteiger partial charge is 0.181 e. The number of thiophene rings is 1. The summed E-state index contributed by atoms with van der Waals surface area (Å²) in [6.07, 6.45) is 3.97. The Bertz CT molecular complexity index is 760. The highest BCUT2D eigenvalue weighted by atomic mass is 32.1. The van der Waals surface area contributed by atoms with E-state index >= 15 is 0 Å². The molecule has 2 aromatic heterocycles. The van der Waals surface area contributed by atoms with E-state index in [0.717, 1.165) is 33.0 Å². The molecule has 3 aromatic rings. The van der Waals surface area contributed by atoms with Crippen LogP contribution in [0.4, 0.5) is 4.39 Å². The van der Waals surface area contributed by atoms with E-state index in [-0.39, 0.29) is 5.82 Å². The number of hydrogen-bond acceptors (Lipinski definition) is 4. The van der Waals surface area contributed by atoms with Crippen molar-refractivity contribution < 1.29 is 8.81 Å². The van der Waals surface area contributed by atoms with Gasteiger partial charge in [-0.05, 0) is 36.4 Å². The van der Waals surface area contributed by atoms with Crippen molar-refractivity contribution in [3.05, 3.63) is 42.2 Å². The Morgan fingerprint density at radius 3 is 3.10 bits per heavy atom. The molecule has 0 unspecified atom stereocenters. The van der Waals surface area contributed by atoms with Crippen LogP contribution in [0.25, 0.3) is 20.7 Å². The van der Waals surface area contributed by atoms with Gasteiger partial charge in [0.05, 0.1) is 4.88 Å². The average Bonchev–Trinajstić information content (AvgIpc) is 2.99. The van der Waals surface area contributed by atoms with Gasteiger partial charge in [0.15, 0.2) is 12.2 Å².